The lowest BCUT2D eigenvalue weighted by molar-refractivity contribution is 0.102. The predicted molar refractivity (Wildman–Crippen MR) is 87.9 cm³/mol. The Hall–Kier alpha value is -2.33. The van der Waals surface area contributed by atoms with E-state index in [0.29, 0.717) is 5.56 Å². The van der Waals surface area contributed by atoms with E-state index in [2.05, 4.69) is 21.2 Å². The molecule has 0 saturated heterocycles. The van der Waals surface area contributed by atoms with Crippen LogP contribution in [0, 0.1) is 0 Å². The topological polar surface area (TPSA) is 34.0 Å². The smallest absolute Gasteiger partial charge is 0.255 e. The van der Waals surface area contributed by atoms with E-state index in [1.165, 1.54) is 0 Å². The van der Waals surface area contributed by atoms with Gasteiger partial charge in [-0.25, -0.2) is 0 Å². The summed E-state index contributed by atoms with van der Waals surface area (Å²) in [6.45, 7) is 0. The Labute approximate surface area is 131 Å². The van der Waals surface area contributed by atoms with E-state index >= 15 is 0 Å². The maximum absolute atomic E-state index is 12.2. The number of aromatic nitrogens is 1. The molecule has 0 saturated carbocycles. The zero-order chi connectivity index (χ0) is 14.7. The number of carbonyl (C=O) groups is 1. The summed E-state index contributed by atoms with van der Waals surface area (Å²) < 4.78 is 2.88. The highest BCUT2D eigenvalue weighted by molar-refractivity contribution is 9.10. The van der Waals surface area contributed by atoms with Crippen LogP contribution in [0.4, 0.5) is 5.69 Å². The average Bonchev–Trinajstić information content (AvgIpc) is 3.02. The molecule has 3 rings (SSSR count). The lowest BCUT2D eigenvalue weighted by Crippen LogP contribution is -2.11. The highest BCUT2D eigenvalue weighted by Gasteiger charge is 2.07. The van der Waals surface area contributed by atoms with Gasteiger partial charge in [-0.1, -0.05) is 28.1 Å². The number of nitrogens with zero attached hydrogens (tertiary/aromatic N) is 1. The fraction of sp³-hybridized carbons (Fsp3) is 0. The number of carbonyl (C=O) groups excluding carboxylic acids is 1. The molecule has 3 aromatic rings. The monoisotopic (exact) mass is 340 g/mol. The van der Waals surface area contributed by atoms with Crippen LogP contribution in [0.1, 0.15) is 10.4 Å². The molecular weight excluding hydrogens is 328 g/mol. The van der Waals surface area contributed by atoms with Crippen LogP contribution in [-0.2, 0) is 0 Å². The van der Waals surface area contributed by atoms with Gasteiger partial charge in [0, 0.05) is 33.8 Å². The third-order valence-corrected chi connectivity index (χ3v) is 3.59. The van der Waals surface area contributed by atoms with E-state index in [0.717, 1.165) is 15.8 Å². The number of hydrogen-bond acceptors (Lipinski definition) is 1. The average molecular weight is 341 g/mol. The number of benzene rings is 2. The largest absolute Gasteiger partial charge is 0.324 e. The minimum atomic E-state index is -0.124. The molecule has 1 N–H and O–H groups in total. The summed E-state index contributed by atoms with van der Waals surface area (Å²) in [7, 11) is 0. The molecule has 0 atom stereocenters. The third-order valence-electron chi connectivity index (χ3n) is 3.09. The first-order valence-electron chi connectivity index (χ1n) is 6.53. The zero-order valence-electron chi connectivity index (χ0n) is 11.2. The van der Waals surface area contributed by atoms with Gasteiger partial charge in [0.15, 0.2) is 0 Å². The fourth-order valence-electron chi connectivity index (χ4n) is 2.08. The molecule has 0 unspecified atom stereocenters. The van der Waals surface area contributed by atoms with Crippen LogP contribution in [0.3, 0.4) is 0 Å². The normalized spacial score (nSPS) is 10.3. The van der Waals surface area contributed by atoms with Crippen LogP contribution in [0.5, 0.6) is 0 Å². The summed E-state index contributed by atoms with van der Waals surface area (Å²) in [5.74, 6) is -0.124. The molecule has 0 fully saturated rings. The highest BCUT2D eigenvalue weighted by atomic mass is 79.9. The third kappa shape index (κ3) is 3.23. The summed E-state index contributed by atoms with van der Waals surface area (Å²) >= 11 is 3.37. The maximum Gasteiger partial charge on any atom is 0.255 e. The van der Waals surface area contributed by atoms with Crippen molar-refractivity contribution in [3.05, 3.63) is 83.1 Å². The van der Waals surface area contributed by atoms with Crippen molar-refractivity contribution in [1.82, 2.24) is 4.57 Å². The van der Waals surface area contributed by atoms with Gasteiger partial charge in [0.25, 0.3) is 5.91 Å². The van der Waals surface area contributed by atoms with Crippen molar-refractivity contribution >= 4 is 27.5 Å². The second-order valence-electron chi connectivity index (χ2n) is 4.61. The first-order chi connectivity index (χ1) is 10.2. The standard InChI is InChI=1S/C17H13BrN2O/c18-14-6-3-5-13(11-14)17(21)19-15-7-4-8-16(12-15)20-9-1-2-10-20/h1-12H,(H,19,21). The minimum Gasteiger partial charge on any atom is -0.324 e. The van der Waals surface area contributed by atoms with Gasteiger partial charge in [0.1, 0.15) is 0 Å². The Morgan fingerprint density at radius 3 is 2.48 bits per heavy atom. The number of hydrogen-bond donors (Lipinski definition) is 1. The quantitative estimate of drug-likeness (QED) is 0.748. The van der Waals surface area contributed by atoms with Crippen molar-refractivity contribution in [2.24, 2.45) is 0 Å². The second kappa shape index (κ2) is 5.97. The van der Waals surface area contributed by atoms with Gasteiger partial charge in [-0.05, 0) is 48.5 Å². The van der Waals surface area contributed by atoms with Gasteiger partial charge in [0.2, 0.25) is 0 Å². The van der Waals surface area contributed by atoms with Crippen molar-refractivity contribution in [2.45, 2.75) is 0 Å². The van der Waals surface area contributed by atoms with Gasteiger partial charge in [-0.3, -0.25) is 4.79 Å². The molecule has 0 aliphatic heterocycles. The van der Waals surface area contributed by atoms with E-state index in [4.69, 9.17) is 0 Å². The molecule has 1 aromatic heterocycles. The molecule has 2 aromatic carbocycles. The minimum absolute atomic E-state index is 0.124. The number of anilines is 1. The summed E-state index contributed by atoms with van der Waals surface area (Å²) in [4.78, 5) is 12.2. The Bertz CT molecular complexity index is 766. The fourth-order valence-corrected chi connectivity index (χ4v) is 2.48. The SMILES string of the molecule is O=C(Nc1cccc(-n2cccc2)c1)c1cccc(Br)c1. The van der Waals surface area contributed by atoms with Gasteiger partial charge in [0.05, 0.1) is 0 Å². The molecule has 0 aliphatic carbocycles. The van der Waals surface area contributed by atoms with E-state index in [9.17, 15) is 4.79 Å². The van der Waals surface area contributed by atoms with Gasteiger partial charge < -0.3 is 9.88 Å². The summed E-state index contributed by atoms with van der Waals surface area (Å²) in [6, 6.07) is 19.0. The van der Waals surface area contributed by atoms with E-state index in [1.807, 2.05) is 65.5 Å². The van der Waals surface area contributed by atoms with Gasteiger partial charge in [-0.2, -0.15) is 0 Å². The Morgan fingerprint density at radius 1 is 0.952 bits per heavy atom. The Morgan fingerprint density at radius 2 is 1.71 bits per heavy atom. The van der Waals surface area contributed by atoms with E-state index in [-0.39, 0.29) is 5.91 Å². The lowest BCUT2D eigenvalue weighted by Gasteiger charge is -2.08. The molecule has 0 spiro atoms. The van der Waals surface area contributed by atoms with E-state index < -0.39 is 0 Å². The molecule has 0 aliphatic rings. The maximum atomic E-state index is 12.2. The lowest BCUT2D eigenvalue weighted by atomic mass is 10.2. The molecule has 1 heterocycles. The zero-order valence-corrected chi connectivity index (χ0v) is 12.7. The number of halogens is 1. The van der Waals surface area contributed by atoms with Crippen molar-refractivity contribution < 1.29 is 4.79 Å². The van der Waals surface area contributed by atoms with Gasteiger partial charge in [-0.15, -0.1) is 0 Å². The number of rotatable bonds is 3. The number of amides is 1. The Balaban J connectivity index is 1.82. The van der Waals surface area contributed by atoms with Crippen LogP contribution in [0.2, 0.25) is 0 Å². The van der Waals surface area contributed by atoms with Crippen molar-refractivity contribution in [3.8, 4) is 5.69 Å². The molecule has 4 heteroatoms. The molecule has 3 nitrogen and oxygen atoms in total. The van der Waals surface area contributed by atoms with Crippen molar-refractivity contribution in [2.75, 3.05) is 5.32 Å². The Kier molecular flexibility index (Phi) is 3.88. The van der Waals surface area contributed by atoms with E-state index in [1.54, 1.807) is 12.1 Å². The summed E-state index contributed by atoms with van der Waals surface area (Å²) in [5.41, 5.74) is 2.40. The van der Waals surface area contributed by atoms with Crippen LogP contribution in [0.15, 0.2) is 77.5 Å². The van der Waals surface area contributed by atoms with Crippen LogP contribution in [0.25, 0.3) is 5.69 Å². The molecule has 104 valence electrons. The van der Waals surface area contributed by atoms with Crippen LogP contribution in [-0.4, -0.2) is 10.5 Å². The van der Waals surface area contributed by atoms with Crippen molar-refractivity contribution in [1.29, 1.82) is 0 Å². The molecular formula is C17H13BrN2O. The van der Waals surface area contributed by atoms with Crippen LogP contribution >= 0.6 is 15.9 Å². The highest BCUT2D eigenvalue weighted by Crippen LogP contribution is 2.17. The molecule has 21 heavy (non-hydrogen) atoms. The second-order valence-corrected chi connectivity index (χ2v) is 5.52. The summed E-state index contributed by atoms with van der Waals surface area (Å²) in [5, 5.41) is 2.91. The van der Waals surface area contributed by atoms with Crippen molar-refractivity contribution in [3.63, 3.8) is 0 Å². The predicted octanol–water partition coefficient (Wildman–Crippen LogP) is 4.49. The molecule has 0 bridgehead atoms. The first kappa shape index (κ1) is 13.6. The first-order valence-corrected chi connectivity index (χ1v) is 7.32. The molecule has 1 amide bonds. The molecule has 0 radical (unpaired) electrons. The number of nitrogens with one attached hydrogen (secondary N) is 1. The van der Waals surface area contributed by atoms with Crippen LogP contribution < -0.4 is 5.32 Å². The summed E-state index contributed by atoms with van der Waals surface area (Å²) in [6.07, 6.45) is 3.94. The van der Waals surface area contributed by atoms with Gasteiger partial charge >= 0.3 is 0 Å².